The summed E-state index contributed by atoms with van der Waals surface area (Å²) in [6.07, 6.45) is 0.949. The molecule has 13 aromatic rings. The van der Waals surface area contributed by atoms with Crippen LogP contribution in [0, 0.1) is 57.0 Å². The Bertz CT molecular complexity index is 4320. The first-order valence-corrected chi connectivity index (χ1v) is 22.2. The van der Waals surface area contributed by atoms with Gasteiger partial charge in [0, 0.05) is 6.42 Å². The van der Waals surface area contributed by atoms with E-state index >= 15 is 0 Å². The van der Waals surface area contributed by atoms with E-state index in [1.54, 1.807) is 24.3 Å². The molecule has 344 valence electrons. The second-order valence-electron chi connectivity index (χ2n) is 16.4. The van der Waals surface area contributed by atoms with E-state index in [9.17, 15) is 23.7 Å². The van der Waals surface area contributed by atoms with Gasteiger partial charge in [-0.1, -0.05) is 78.9 Å². The summed E-state index contributed by atoms with van der Waals surface area (Å²) in [5.74, 6) is 0.347. The number of hydrogen-bond donors (Lipinski definition) is 0. The minimum Gasteiger partial charge on any atom is -1.00 e. The minimum atomic E-state index is -1.12. The van der Waals surface area contributed by atoms with Crippen molar-refractivity contribution < 1.29 is 45.5 Å². The molecule has 1 aliphatic rings. The molecule has 16 heteroatoms. The number of nitrogens with zero attached hydrogens (tertiary/aromatic N) is 12. The molecular weight excluding hydrogens is 933 g/mol. The Balaban J connectivity index is 0.000000171. The summed E-state index contributed by atoms with van der Waals surface area (Å²) in [5.41, 5.74) is 14.3. The number of para-hydroxylation sites is 11. The van der Waals surface area contributed by atoms with Gasteiger partial charge in [0.05, 0.1) is 103 Å². The summed E-state index contributed by atoms with van der Waals surface area (Å²) in [4.78, 5) is 14.8. The van der Waals surface area contributed by atoms with Crippen molar-refractivity contribution in [2.75, 3.05) is 7.15 Å². The van der Waals surface area contributed by atoms with Gasteiger partial charge in [0.15, 0.2) is 11.6 Å². The number of hydrogen-bond acceptors (Lipinski definition) is 7. The molecule has 14 rings (SSSR count). The Kier molecular flexibility index (Phi) is 12.2. The number of aromatic nitrogens is 8. The van der Waals surface area contributed by atoms with Crippen LogP contribution >= 0.6 is 0 Å². The largest absolute Gasteiger partial charge is 1.00 e. The van der Waals surface area contributed by atoms with E-state index in [1.807, 2.05) is 66.7 Å². The summed E-state index contributed by atoms with van der Waals surface area (Å²) < 4.78 is 51.1. The van der Waals surface area contributed by atoms with Gasteiger partial charge in [0.25, 0.3) is 0 Å². The number of halogens is 3. The summed E-state index contributed by atoms with van der Waals surface area (Å²) in [6.45, 7) is 0. The van der Waals surface area contributed by atoms with Gasteiger partial charge in [-0.25, -0.2) is 23.7 Å². The molecule has 0 bridgehead atoms. The zero-order valence-corrected chi connectivity index (χ0v) is 40.6. The van der Waals surface area contributed by atoms with Crippen LogP contribution in [-0.2, 0) is 6.42 Å². The minimum absolute atomic E-state index is 0. The molecule has 6 heterocycles. The van der Waals surface area contributed by atoms with Crippen molar-refractivity contribution in [1.82, 2.24) is 37.5 Å². The van der Waals surface area contributed by atoms with Crippen molar-refractivity contribution in [2.45, 2.75) is 6.42 Å². The summed E-state index contributed by atoms with van der Waals surface area (Å²) in [7, 11) is -1.00. The molecule has 0 amide bonds. The number of rotatable bonds is 2. The third-order valence-electron chi connectivity index (χ3n) is 12.6. The Labute approximate surface area is 438 Å². The normalized spacial score (nSPS) is 11.2. The third kappa shape index (κ3) is 7.69. The van der Waals surface area contributed by atoms with Crippen LogP contribution in [-0.4, -0.2) is 44.6 Å². The molecule has 0 spiro atoms. The van der Waals surface area contributed by atoms with Gasteiger partial charge in [0.1, 0.15) is 30.1 Å². The van der Waals surface area contributed by atoms with Crippen LogP contribution in [0.3, 0.4) is 0 Å². The fourth-order valence-electron chi connectivity index (χ4n) is 9.54. The van der Waals surface area contributed by atoms with Crippen molar-refractivity contribution >= 4 is 66.7 Å². The van der Waals surface area contributed by atoms with Crippen molar-refractivity contribution in [3.63, 3.8) is 0 Å². The molecule has 73 heavy (non-hydrogen) atoms. The zero-order valence-electron chi connectivity index (χ0n) is 40.6. The summed E-state index contributed by atoms with van der Waals surface area (Å²) in [5, 5.41) is 37.0. The van der Waals surface area contributed by atoms with Gasteiger partial charge < -0.3 is 1.43 Å². The number of imidazole rings is 5. The molecule has 0 fully saturated rings. The van der Waals surface area contributed by atoms with Gasteiger partial charge in [-0.15, -0.1) is 0 Å². The molecule has 1 aliphatic heterocycles. The Hall–Kier alpha value is -9.48. The molecule has 0 atom stereocenters. The maximum Gasteiger partial charge on any atom is 1.00 e. The van der Waals surface area contributed by atoms with Crippen LogP contribution in [0.4, 0.5) is 13.2 Å². The Morgan fingerprint density at radius 2 is 0.808 bits per heavy atom. The van der Waals surface area contributed by atoms with Crippen LogP contribution in [0.2, 0.25) is 0 Å². The molecule has 0 saturated carbocycles. The molecule has 0 saturated heterocycles. The second-order valence-corrected chi connectivity index (χ2v) is 16.4. The van der Waals surface area contributed by atoms with E-state index in [0.29, 0.717) is 34.8 Å². The smallest absolute Gasteiger partial charge is 1.00 e. The Morgan fingerprint density at radius 3 is 1.26 bits per heavy atom. The third-order valence-corrected chi connectivity index (χ3v) is 12.6. The van der Waals surface area contributed by atoms with Gasteiger partial charge in [-0.05, 0) is 96.6 Å². The number of fused-ring (bicyclic) bond motifs is 15. The van der Waals surface area contributed by atoms with Crippen molar-refractivity contribution in [3.05, 3.63) is 215 Å². The van der Waals surface area contributed by atoms with Crippen LogP contribution in [0.25, 0.3) is 83.8 Å². The molecule has 5 aromatic heterocycles. The maximum atomic E-state index is 12.4. The summed E-state index contributed by atoms with van der Waals surface area (Å²) >= 11 is 0. The maximum absolute atomic E-state index is 12.4. The van der Waals surface area contributed by atoms with E-state index in [4.69, 9.17) is 21.9 Å². The molecule has 0 N–H and O–H groups in total. The second kappa shape index (κ2) is 19.4. The van der Waals surface area contributed by atoms with Crippen LogP contribution in [0.15, 0.2) is 170 Å². The SMILES string of the molecule is N#Cc1cc(-n2c3ccccc3n3c4ccccc4nc23)c(-n2c3ccccc3n3c4ccccc4nc23)cc1C#N.N#Cc1cc(F)c(F)cc1C#N.[2H]CF.[H-].[Na+].c1ccc2c(c1)Cc1nc3ccccc3n1-2. The predicted molar refractivity (Wildman–Crippen MR) is 270 cm³/mol. The van der Waals surface area contributed by atoms with E-state index in [2.05, 4.69) is 118 Å². The number of nitriles is 4. The molecule has 0 radical (unpaired) electrons. The molecule has 0 aliphatic carbocycles. The van der Waals surface area contributed by atoms with Gasteiger partial charge in [0.2, 0.25) is 11.6 Å². The first-order valence-electron chi connectivity index (χ1n) is 22.9. The number of benzene rings is 8. The standard InChI is InChI=1S/C34H18N8.C14H10N2.C8H2F2N2.CH3F.Na.H/c35-19-21-17-31(41-29-15-7-5-13-27(29)39-25-11-3-1-9-23(25)37-33(39)41)32(18-22(21)20-36)42-30-16-8-6-14-28(30)40-26-12-4-2-10-24(26)38-34(40)42;1-3-7-12-10(5-1)9-14-15-11-6-2-4-8-13(11)16(12)14;9-7-1-5(3-11)6(4-12)2-8(7)10;1-2;;/h1-18H;1-8H,9H2;1-2H;1H3;;/q;;;;+1;-1/i;;;1D;;. The van der Waals surface area contributed by atoms with Crippen molar-refractivity contribution in [3.8, 4) is 41.3 Å². The van der Waals surface area contributed by atoms with Crippen molar-refractivity contribution in [2.24, 2.45) is 0 Å². The van der Waals surface area contributed by atoms with E-state index in [-0.39, 0.29) is 42.1 Å². The van der Waals surface area contributed by atoms with Crippen molar-refractivity contribution in [1.29, 1.82) is 21.0 Å². The molecule has 12 nitrogen and oxygen atoms in total. The monoisotopic (exact) mass is 967 g/mol. The van der Waals surface area contributed by atoms with E-state index < -0.39 is 18.8 Å². The van der Waals surface area contributed by atoms with Gasteiger partial charge >= 0.3 is 29.6 Å². The number of alkyl halides is 1. The van der Waals surface area contributed by atoms with Crippen LogP contribution < -0.4 is 29.6 Å². The zero-order chi connectivity index (χ0) is 50.3. The van der Waals surface area contributed by atoms with Gasteiger partial charge in [-0.2, -0.15) is 21.0 Å². The first-order chi connectivity index (χ1) is 35.8. The van der Waals surface area contributed by atoms with E-state index in [1.165, 1.54) is 16.8 Å². The molecule has 8 aromatic carbocycles. The van der Waals surface area contributed by atoms with Crippen LogP contribution in [0.5, 0.6) is 0 Å². The first kappa shape index (κ1) is 45.9. The fourth-order valence-corrected chi connectivity index (χ4v) is 9.54. The van der Waals surface area contributed by atoms with Gasteiger partial charge in [-0.3, -0.25) is 26.9 Å². The quantitative estimate of drug-likeness (QED) is 0.156. The fraction of sp³-hybridized carbons (Fsp3) is 0.0351. The summed E-state index contributed by atoms with van der Waals surface area (Å²) in [6, 6.07) is 61.9. The average Bonchev–Trinajstić information content (AvgIpc) is 4.31. The predicted octanol–water partition coefficient (Wildman–Crippen LogP) is 9.26. The molecular formula is C57H34F3N12Na. The topological polar surface area (TPSA) is 157 Å². The van der Waals surface area contributed by atoms with E-state index in [0.717, 1.165) is 73.3 Å². The Morgan fingerprint density at radius 1 is 0.452 bits per heavy atom. The molecule has 0 unspecified atom stereocenters. The van der Waals surface area contributed by atoms with Crippen LogP contribution in [0.1, 0.15) is 36.4 Å². The average molecular weight is 968 g/mol.